The van der Waals surface area contributed by atoms with Crippen molar-refractivity contribution in [2.24, 2.45) is 0 Å². The SMILES string of the molecule is Cc1ccc(S(=O)(=O)Oc2cc(=O)n3cc(N4C5CCC4CN(C(=O)OC(C)(C)C)C5)sc3n2)cc1. The molecule has 4 heterocycles. The van der Waals surface area contributed by atoms with Crippen LogP contribution < -0.4 is 14.6 Å². The van der Waals surface area contributed by atoms with Crippen LogP contribution in [-0.2, 0) is 14.9 Å². The highest BCUT2D eigenvalue weighted by molar-refractivity contribution is 7.87. The van der Waals surface area contributed by atoms with Gasteiger partial charge in [-0.3, -0.25) is 9.20 Å². The Morgan fingerprint density at radius 2 is 1.75 bits per heavy atom. The van der Waals surface area contributed by atoms with E-state index in [4.69, 9.17) is 8.92 Å². The number of nitrogens with zero attached hydrogens (tertiary/aromatic N) is 4. The van der Waals surface area contributed by atoms with E-state index in [0.717, 1.165) is 29.5 Å². The monoisotopic (exact) mass is 532 g/mol. The number of aryl methyl sites for hydroxylation is 1. The third-order valence-corrected chi connectivity index (χ3v) is 8.46. The number of piperazine rings is 1. The second-order valence-electron chi connectivity index (χ2n) is 10.2. The van der Waals surface area contributed by atoms with Gasteiger partial charge < -0.3 is 18.7 Å². The van der Waals surface area contributed by atoms with Crippen LogP contribution in [0.1, 0.15) is 39.2 Å². The first-order valence-corrected chi connectivity index (χ1v) is 13.9. The van der Waals surface area contributed by atoms with E-state index in [9.17, 15) is 18.0 Å². The fourth-order valence-electron chi connectivity index (χ4n) is 4.64. The molecular formula is C24H28N4O6S2. The summed E-state index contributed by atoms with van der Waals surface area (Å²) in [6, 6.07) is 7.51. The molecule has 1 aromatic carbocycles. The summed E-state index contributed by atoms with van der Waals surface area (Å²) in [5.74, 6) is -0.272. The van der Waals surface area contributed by atoms with E-state index in [1.165, 1.54) is 27.9 Å². The fourth-order valence-corrected chi connectivity index (χ4v) is 6.64. The van der Waals surface area contributed by atoms with E-state index in [1.54, 1.807) is 23.2 Å². The van der Waals surface area contributed by atoms with E-state index >= 15 is 0 Å². The molecule has 2 bridgehead atoms. The van der Waals surface area contributed by atoms with Crippen LogP contribution in [-0.4, -0.2) is 59.6 Å². The first-order chi connectivity index (χ1) is 16.9. The van der Waals surface area contributed by atoms with Crippen molar-refractivity contribution in [2.75, 3.05) is 18.0 Å². The summed E-state index contributed by atoms with van der Waals surface area (Å²) in [7, 11) is -4.13. The molecule has 12 heteroatoms. The zero-order valence-corrected chi connectivity index (χ0v) is 22.1. The Morgan fingerprint density at radius 1 is 1.11 bits per heavy atom. The molecule has 2 unspecified atom stereocenters. The number of rotatable bonds is 4. The van der Waals surface area contributed by atoms with Crippen molar-refractivity contribution in [2.45, 2.75) is 63.1 Å². The Labute approximate surface area is 213 Å². The fraction of sp³-hybridized carbons (Fsp3) is 0.458. The quantitative estimate of drug-likeness (QED) is 0.470. The molecule has 5 rings (SSSR count). The third kappa shape index (κ3) is 4.79. The van der Waals surface area contributed by atoms with Crippen LogP contribution in [0.25, 0.3) is 4.96 Å². The van der Waals surface area contributed by atoms with Gasteiger partial charge in [-0.05, 0) is 52.7 Å². The highest BCUT2D eigenvalue weighted by atomic mass is 32.2. The van der Waals surface area contributed by atoms with Crippen LogP contribution in [0.4, 0.5) is 9.80 Å². The Morgan fingerprint density at radius 3 is 2.36 bits per heavy atom. The molecular weight excluding hydrogens is 504 g/mol. The molecule has 2 aliphatic heterocycles. The molecule has 0 saturated carbocycles. The number of thiazole rings is 1. The van der Waals surface area contributed by atoms with E-state index in [0.29, 0.717) is 18.1 Å². The van der Waals surface area contributed by atoms with Gasteiger partial charge in [0.05, 0.1) is 6.07 Å². The lowest BCUT2D eigenvalue weighted by molar-refractivity contribution is 0.0210. The molecule has 192 valence electrons. The van der Waals surface area contributed by atoms with Gasteiger partial charge in [0.25, 0.3) is 5.56 Å². The van der Waals surface area contributed by atoms with Crippen LogP contribution in [0.5, 0.6) is 5.88 Å². The first-order valence-electron chi connectivity index (χ1n) is 11.7. The largest absolute Gasteiger partial charge is 0.444 e. The number of ether oxygens (including phenoxy) is 1. The summed E-state index contributed by atoms with van der Waals surface area (Å²) in [5, 5.41) is 0.842. The van der Waals surface area contributed by atoms with Crippen molar-refractivity contribution in [1.82, 2.24) is 14.3 Å². The number of aromatic nitrogens is 2. The van der Waals surface area contributed by atoms with Crippen LogP contribution in [0.15, 0.2) is 46.2 Å². The maximum Gasteiger partial charge on any atom is 0.410 e. The van der Waals surface area contributed by atoms with Gasteiger partial charge in [0.2, 0.25) is 10.8 Å². The minimum Gasteiger partial charge on any atom is -0.444 e. The summed E-state index contributed by atoms with van der Waals surface area (Å²) in [6.07, 6.45) is 3.25. The van der Waals surface area contributed by atoms with Gasteiger partial charge >= 0.3 is 16.2 Å². The molecule has 2 atom stereocenters. The molecule has 0 radical (unpaired) electrons. The van der Waals surface area contributed by atoms with Crippen LogP contribution >= 0.6 is 11.3 Å². The lowest BCUT2D eigenvalue weighted by Gasteiger charge is -2.41. The van der Waals surface area contributed by atoms with E-state index in [1.807, 2.05) is 27.7 Å². The number of fused-ring (bicyclic) bond motifs is 3. The lowest BCUT2D eigenvalue weighted by Crippen LogP contribution is -2.56. The minimum atomic E-state index is -4.13. The van der Waals surface area contributed by atoms with Gasteiger partial charge in [0, 0.05) is 31.4 Å². The van der Waals surface area contributed by atoms with Crippen molar-refractivity contribution in [3.05, 3.63) is 52.4 Å². The maximum absolute atomic E-state index is 12.8. The number of carbonyl (C=O) groups excluding carboxylic acids is 1. The predicted octanol–water partition coefficient (Wildman–Crippen LogP) is 3.42. The predicted molar refractivity (Wildman–Crippen MR) is 135 cm³/mol. The topological polar surface area (TPSA) is 111 Å². The van der Waals surface area contributed by atoms with Crippen molar-refractivity contribution >= 4 is 37.5 Å². The molecule has 36 heavy (non-hydrogen) atoms. The van der Waals surface area contributed by atoms with Gasteiger partial charge in [-0.1, -0.05) is 29.0 Å². The average Bonchev–Trinajstić information content (AvgIpc) is 3.30. The average molecular weight is 533 g/mol. The zero-order valence-electron chi connectivity index (χ0n) is 20.5. The lowest BCUT2D eigenvalue weighted by atomic mass is 10.2. The highest BCUT2D eigenvalue weighted by Crippen LogP contribution is 2.38. The third-order valence-electron chi connectivity index (χ3n) is 6.22. The molecule has 10 nitrogen and oxygen atoms in total. The second kappa shape index (κ2) is 8.77. The molecule has 2 aliphatic rings. The maximum atomic E-state index is 12.8. The Kier molecular flexibility index (Phi) is 5.98. The van der Waals surface area contributed by atoms with Crippen LogP contribution in [0, 0.1) is 6.92 Å². The molecule has 0 spiro atoms. The standard InChI is InChI=1S/C24H28N4O6S2/c1-15-5-9-18(10-6-15)36(31,32)34-19-11-20(29)27-14-21(35-22(27)25-19)28-16-7-8-17(28)13-26(12-16)23(30)33-24(2,3)4/h5-6,9-11,14,16-17H,7-8,12-13H2,1-4H3. The van der Waals surface area contributed by atoms with Gasteiger partial charge in [-0.2, -0.15) is 13.4 Å². The van der Waals surface area contributed by atoms with Crippen molar-refractivity contribution in [3.63, 3.8) is 0 Å². The molecule has 1 amide bonds. The smallest absolute Gasteiger partial charge is 0.410 e. The van der Waals surface area contributed by atoms with E-state index < -0.39 is 21.3 Å². The molecule has 2 saturated heterocycles. The summed E-state index contributed by atoms with van der Waals surface area (Å²) >= 11 is 1.29. The first kappa shape index (κ1) is 24.6. The molecule has 0 aliphatic carbocycles. The number of amides is 1. The van der Waals surface area contributed by atoms with Gasteiger partial charge in [0.1, 0.15) is 15.5 Å². The van der Waals surface area contributed by atoms with Crippen LogP contribution in [0.2, 0.25) is 0 Å². The molecule has 3 aromatic rings. The van der Waals surface area contributed by atoms with Crippen molar-refractivity contribution in [1.29, 1.82) is 0 Å². The second-order valence-corrected chi connectivity index (χ2v) is 12.7. The summed E-state index contributed by atoms with van der Waals surface area (Å²) in [6.45, 7) is 8.47. The normalized spacial score (nSPS) is 20.1. The van der Waals surface area contributed by atoms with E-state index in [2.05, 4.69) is 9.88 Å². The Hall–Kier alpha value is -3.12. The van der Waals surface area contributed by atoms with Crippen molar-refractivity contribution < 1.29 is 22.1 Å². The molecule has 0 N–H and O–H groups in total. The van der Waals surface area contributed by atoms with Gasteiger partial charge in [-0.25, -0.2) is 4.79 Å². The number of benzene rings is 1. The van der Waals surface area contributed by atoms with Crippen LogP contribution in [0.3, 0.4) is 0 Å². The highest BCUT2D eigenvalue weighted by Gasteiger charge is 2.43. The summed E-state index contributed by atoms with van der Waals surface area (Å²) < 4.78 is 37.5. The van der Waals surface area contributed by atoms with Gasteiger partial charge in [-0.15, -0.1) is 0 Å². The Bertz CT molecular complexity index is 1460. The molecule has 2 fully saturated rings. The number of carbonyl (C=O) groups is 1. The number of likely N-dealkylation sites (tertiary alicyclic amines) is 1. The van der Waals surface area contributed by atoms with Gasteiger partial charge in [0.15, 0.2) is 0 Å². The Balaban J connectivity index is 1.38. The van der Waals surface area contributed by atoms with Crippen molar-refractivity contribution in [3.8, 4) is 5.88 Å². The molecule has 2 aromatic heterocycles. The summed E-state index contributed by atoms with van der Waals surface area (Å²) in [5.41, 5.74) is -0.0757. The minimum absolute atomic E-state index is 0.0126. The number of hydrogen-bond acceptors (Lipinski definition) is 9. The summed E-state index contributed by atoms with van der Waals surface area (Å²) in [4.78, 5) is 34.0. The number of anilines is 1. The van der Waals surface area contributed by atoms with E-state index in [-0.39, 0.29) is 29.0 Å². The zero-order chi connectivity index (χ0) is 25.8. The number of hydrogen-bond donors (Lipinski definition) is 0.